The fourth-order valence-corrected chi connectivity index (χ4v) is 8.38. The number of hydrogen-bond acceptors (Lipinski definition) is 9. The minimum atomic E-state index is -0.775. The average molecular weight is 1010 g/mol. The van der Waals surface area contributed by atoms with Crippen molar-refractivity contribution in [3.05, 3.63) is 120 Å². The van der Waals surface area contributed by atoms with Crippen LogP contribution in [-0.2, 0) is 19.1 Å². The summed E-state index contributed by atoms with van der Waals surface area (Å²) in [6.07, 6.45) is 31.6. The number of nitrogens with one attached hydrogen (secondary N) is 1. The second kappa shape index (κ2) is 47.0. The van der Waals surface area contributed by atoms with Crippen molar-refractivity contribution in [3.8, 4) is 12.3 Å². The van der Waals surface area contributed by atoms with Gasteiger partial charge in [-0.2, -0.15) is 0 Å². The van der Waals surface area contributed by atoms with Gasteiger partial charge in [0.05, 0.1) is 24.4 Å². The first kappa shape index (κ1) is 67.0. The molecule has 0 aliphatic rings. The van der Waals surface area contributed by atoms with Crippen molar-refractivity contribution < 1.29 is 39.5 Å². The lowest BCUT2D eigenvalue weighted by Crippen LogP contribution is -2.23. The number of aliphatic hydroxyl groups excluding tert-OH is 4. The van der Waals surface area contributed by atoms with Crippen LogP contribution in [0, 0.1) is 12.3 Å². The zero-order chi connectivity index (χ0) is 51.3. The fourth-order valence-electron chi connectivity index (χ4n) is 8.38. The highest BCUT2D eigenvalue weighted by Crippen LogP contribution is 2.28. The third-order valence-corrected chi connectivity index (χ3v) is 12.4. The zero-order valence-corrected chi connectivity index (χ0v) is 44.9. The van der Waals surface area contributed by atoms with Gasteiger partial charge < -0.3 is 35.2 Å². The summed E-state index contributed by atoms with van der Waals surface area (Å²) in [5, 5.41) is 42.5. The molecule has 0 aliphatic heterocycles. The zero-order valence-electron chi connectivity index (χ0n) is 44.1. The number of aliphatic hydroxyl groups is 4. The number of esters is 2. The molecule has 400 valence electrons. The molecule has 0 amide bonds. The van der Waals surface area contributed by atoms with Crippen LogP contribution in [0.3, 0.4) is 0 Å². The van der Waals surface area contributed by atoms with E-state index in [-0.39, 0.29) is 38.5 Å². The van der Waals surface area contributed by atoms with Gasteiger partial charge in [0.2, 0.25) is 0 Å². The van der Waals surface area contributed by atoms with Crippen LogP contribution in [0.25, 0.3) is 0 Å². The second-order valence-corrected chi connectivity index (χ2v) is 18.9. The number of terminal acetylenes is 1. The van der Waals surface area contributed by atoms with Crippen molar-refractivity contribution in [2.75, 3.05) is 19.8 Å². The molecule has 0 saturated carbocycles. The molecule has 3 aromatic rings. The summed E-state index contributed by atoms with van der Waals surface area (Å²) in [5.41, 5.74) is 4.12. The van der Waals surface area contributed by atoms with E-state index in [9.17, 15) is 30.0 Å². The summed E-state index contributed by atoms with van der Waals surface area (Å²) in [6, 6.07) is 32.6. The normalized spacial score (nSPS) is 12.8. The summed E-state index contributed by atoms with van der Waals surface area (Å²) in [5.74, 6) is 2.29. The van der Waals surface area contributed by atoms with E-state index in [0.717, 1.165) is 57.9 Å². The third kappa shape index (κ3) is 40.2. The molecule has 10 heteroatoms. The molecule has 5 atom stereocenters. The number of carbonyl (C=O) groups is 2. The van der Waals surface area contributed by atoms with E-state index in [1.54, 1.807) is 0 Å². The van der Waals surface area contributed by atoms with Crippen LogP contribution in [0.5, 0.6) is 0 Å². The number of carbonyl (C=O) groups excluding carboxylic acids is 2. The molecule has 9 nitrogen and oxygen atoms in total. The Hall–Kier alpha value is -4.01. The molecule has 5 N–H and O–H groups in total. The van der Waals surface area contributed by atoms with E-state index in [1.807, 2.05) is 6.08 Å². The number of unbranched alkanes of at least 4 members (excludes halogenated alkanes) is 18. The minimum absolute atomic E-state index is 0. The topological polar surface area (TPSA) is 146 Å². The Labute approximate surface area is 437 Å². The van der Waals surface area contributed by atoms with Crippen molar-refractivity contribution in [3.63, 3.8) is 0 Å². The number of hydrogen-bond donors (Lipinski definition) is 5. The van der Waals surface area contributed by atoms with E-state index in [0.29, 0.717) is 24.8 Å². The molecule has 71 heavy (non-hydrogen) atoms. The molecule has 0 aromatic heterocycles. The van der Waals surface area contributed by atoms with Crippen molar-refractivity contribution in [1.29, 1.82) is 0 Å². The van der Waals surface area contributed by atoms with Gasteiger partial charge in [-0.15, -0.1) is 31.3 Å². The molecule has 3 rings (SSSR count). The summed E-state index contributed by atoms with van der Waals surface area (Å²) in [7, 11) is 0. The van der Waals surface area contributed by atoms with Gasteiger partial charge in [0.25, 0.3) is 0 Å². The van der Waals surface area contributed by atoms with E-state index in [4.69, 9.17) is 15.9 Å². The van der Waals surface area contributed by atoms with Crippen LogP contribution >= 0.6 is 12.4 Å². The maximum Gasteiger partial charge on any atom is 0.302 e. The fraction of sp³-hybridized carbons (Fsp3) is 0.607. The lowest BCUT2D eigenvalue weighted by molar-refractivity contribution is -0.145. The standard InChI is InChI=1S/C23H25N.C19H36O4.C19H34O4.ClH/c1-19(20-11-5-2-6-12-20)24-18-17-23(21-13-7-3-8-14-21)22-15-9-4-10-16-22;2*1-3-4-5-6-7-8-9-10-11-12-13-14-18(21)15-19(22)16-23-17(2)20;/h2-16,19,23-24H,17-18H2,1H3;3,18-19,21-22H,1,4-16H2,2H3;1,18-19,21-22H,4-16H2,2H3;1H. The van der Waals surface area contributed by atoms with Gasteiger partial charge in [-0.3, -0.25) is 9.59 Å². The summed E-state index contributed by atoms with van der Waals surface area (Å²) in [4.78, 5) is 21.2. The van der Waals surface area contributed by atoms with E-state index in [2.05, 4.69) is 116 Å². The quantitative estimate of drug-likeness (QED) is 0.0164. The van der Waals surface area contributed by atoms with Crippen LogP contribution < -0.4 is 5.32 Å². The predicted molar refractivity (Wildman–Crippen MR) is 297 cm³/mol. The Bertz CT molecular complexity index is 1670. The van der Waals surface area contributed by atoms with E-state index >= 15 is 0 Å². The number of benzene rings is 3. The average Bonchev–Trinajstić information content (AvgIpc) is 3.36. The van der Waals surface area contributed by atoms with E-state index < -0.39 is 36.4 Å². The van der Waals surface area contributed by atoms with Gasteiger partial charge in [-0.05, 0) is 68.7 Å². The molecule has 0 fully saturated rings. The summed E-state index contributed by atoms with van der Waals surface area (Å²) in [6.45, 7) is 9.50. The monoisotopic (exact) mass is 1010 g/mol. The molecule has 0 aliphatic carbocycles. The first-order chi connectivity index (χ1) is 34.0. The van der Waals surface area contributed by atoms with Gasteiger partial charge in [0, 0.05) is 45.1 Å². The molecule has 3 aromatic carbocycles. The van der Waals surface area contributed by atoms with Crippen LogP contribution in [0.4, 0.5) is 0 Å². The molecule has 0 radical (unpaired) electrons. The van der Waals surface area contributed by atoms with Crippen LogP contribution in [0.1, 0.15) is 210 Å². The molecular weight excluding hydrogens is 910 g/mol. The van der Waals surface area contributed by atoms with Crippen LogP contribution in [0.2, 0.25) is 0 Å². The smallest absolute Gasteiger partial charge is 0.302 e. The maximum atomic E-state index is 10.6. The van der Waals surface area contributed by atoms with E-state index in [1.165, 1.54) is 114 Å². The van der Waals surface area contributed by atoms with Crippen molar-refractivity contribution in [1.82, 2.24) is 5.32 Å². The van der Waals surface area contributed by atoms with Crippen molar-refractivity contribution in [2.45, 2.75) is 218 Å². The van der Waals surface area contributed by atoms with Gasteiger partial charge in [0.15, 0.2) is 0 Å². The number of ether oxygens (including phenoxy) is 2. The van der Waals surface area contributed by atoms with Crippen LogP contribution in [0.15, 0.2) is 104 Å². The Kier molecular flexibility index (Phi) is 44.4. The molecular formula is C61H96ClNO8. The number of allylic oxidation sites excluding steroid dienone is 1. The number of rotatable bonds is 38. The van der Waals surface area contributed by atoms with Gasteiger partial charge in [-0.25, -0.2) is 0 Å². The lowest BCUT2D eigenvalue weighted by atomic mass is 9.88. The molecule has 5 unspecified atom stereocenters. The SMILES string of the molecule is C#CCCCCCCCCCCCC(O)CC(O)COC(C)=O.C=CCCCCCCCCCCCC(O)CC(O)COC(C)=O.CC(NCCC(c1ccccc1)c1ccccc1)c1ccccc1.Cl. The predicted octanol–water partition coefficient (Wildman–Crippen LogP) is 13.7. The highest BCUT2D eigenvalue weighted by molar-refractivity contribution is 5.85. The van der Waals surface area contributed by atoms with Gasteiger partial charge in [0.1, 0.15) is 13.2 Å². The first-order valence-electron chi connectivity index (χ1n) is 26.9. The van der Waals surface area contributed by atoms with Crippen molar-refractivity contribution >= 4 is 24.3 Å². The Balaban J connectivity index is 0.00000103. The van der Waals surface area contributed by atoms with Gasteiger partial charge >= 0.3 is 11.9 Å². The van der Waals surface area contributed by atoms with Crippen LogP contribution in [-0.4, -0.2) is 76.5 Å². The minimum Gasteiger partial charge on any atom is -0.463 e. The van der Waals surface area contributed by atoms with Crippen molar-refractivity contribution in [2.24, 2.45) is 0 Å². The highest BCUT2D eigenvalue weighted by Gasteiger charge is 2.16. The summed E-state index contributed by atoms with van der Waals surface area (Å²) >= 11 is 0. The molecule has 0 spiro atoms. The van der Waals surface area contributed by atoms with Gasteiger partial charge in [-0.1, -0.05) is 200 Å². The largest absolute Gasteiger partial charge is 0.463 e. The molecule has 0 saturated heterocycles. The first-order valence-corrected chi connectivity index (χ1v) is 26.9. The third-order valence-electron chi connectivity index (χ3n) is 12.4. The highest BCUT2D eigenvalue weighted by atomic mass is 35.5. The lowest BCUT2D eigenvalue weighted by Gasteiger charge is -2.20. The molecule has 0 heterocycles. The number of halogens is 1. The Morgan fingerprint density at radius 3 is 1.27 bits per heavy atom. The second-order valence-electron chi connectivity index (χ2n) is 18.9. The maximum absolute atomic E-state index is 10.6. The molecule has 0 bridgehead atoms. The summed E-state index contributed by atoms with van der Waals surface area (Å²) < 4.78 is 9.42. The Morgan fingerprint density at radius 2 is 0.901 bits per heavy atom. The Morgan fingerprint density at radius 1 is 0.549 bits per heavy atom.